The molecule has 1 saturated heterocycles. The Kier molecular flexibility index (Phi) is 2.95. The lowest BCUT2D eigenvalue weighted by molar-refractivity contribution is 0.0169. The third kappa shape index (κ3) is 2.54. The van der Waals surface area contributed by atoms with Gasteiger partial charge in [-0.15, -0.1) is 0 Å². The first-order valence-corrected chi connectivity index (χ1v) is 6.06. The van der Waals surface area contributed by atoms with Crippen LogP contribution in [-0.4, -0.2) is 33.7 Å². The Balaban J connectivity index is 2.13. The van der Waals surface area contributed by atoms with Crippen molar-refractivity contribution in [2.75, 3.05) is 13.1 Å². The second-order valence-electron chi connectivity index (χ2n) is 5.82. The Morgan fingerprint density at radius 1 is 1.44 bits per heavy atom. The number of hydrogen-bond donors (Lipinski definition) is 0. The van der Waals surface area contributed by atoms with Crippen LogP contribution in [0.1, 0.15) is 32.8 Å². The molecule has 0 bridgehead atoms. The molecule has 0 aromatic carbocycles. The minimum Gasteiger partial charge on any atom is -0.365 e. The summed E-state index contributed by atoms with van der Waals surface area (Å²) in [5.74, 6) is -2.59. The van der Waals surface area contributed by atoms with Gasteiger partial charge in [0.25, 0.3) is 5.92 Å². The van der Waals surface area contributed by atoms with E-state index in [0.717, 1.165) is 5.56 Å². The van der Waals surface area contributed by atoms with Crippen molar-refractivity contribution in [3.63, 3.8) is 0 Å². The molecule has 0 spiro atoms. The molecule has 1 aromatic heterocycles. The summed E-state index contributed by atoms with van der Waals surface area (Å²) >= 11 is 0. The SMILES string of the molecule is C=C(c1cnn(C(C)(C)C)c1)N1CCC(F)(F)C1. The predicted octanol–water partition coefficient (Wildman–Crippen LogP) is 2.95. The van der Waals surface area contributed by atoms with E-state index < -0.39 is 5.92 Å². The first-order chi connectivity index (χ1) is 8.19. The fourth-order valence-corrected chi connectivity index (χ4v) is 1.99. The van der Waals surface area contributed by atoms with Crippen LogP contribution >= 0.6 is 0 Å². The molecule has 2 heterocycles. The smallest absolute Gasteiger partial charge is 0.266 e. The van der Waals surface area contributed by atoms with Crippen LogP contribution in [-0.2, 0) is 5.54 Å². The molecule has 100 valence electrons. The average Bonchev–Trinajstić information content (AvgIpc) is 2.82. The highest BCUT2D eigenvalue weighted by molar-refractivity contribution is 5.60. The zero-order valence-electron chi connectivity index (χ0n) is 11.1. The summed E-state index contributed by atoms with van der Waals surface area (Å²) in [5.41, 5.74) is 1.32. The van der Waals surface area contributed by atoms with Crippen LogP contribution < -0.4 is 0 Å². The molecule has 0 N–H and O–H groups in total. The van der Waals surface area contributed by atoms with E-state index in [9.17, 15) is 8.78 Å². The maximum absolute atomic E-state index is 13.2. The molecular weight excluding hydrogens is 236 g/mol. The van der Waals surface area contributed by atoms with Crippen molar-refractivity contribution in [1.82, 2.24) is 14.7 Å². The minimum absolute atomic E-state index is 0.0978. The van der Waals surface area contributed by atoms with E-state index in [4.69, 9.17) is 0 Å². The quantitative estimate of drug-likeness (QED) is 0.810. The molecule has 0 saturated carbocycles. The fourth-order valence-electron chi connectivity index (χ4n) is 1.99. The molecule has 18 heavy (non-hydrogen) atoms. The first-order valence-electron chi connectivity index (χ1n) is 6.06. The number of alkyl halides is 2. The van der Waals surface area contributed by atoms with Crippen LogP contribution in [0, 0.1) is 0 Å². The average molecular weight is 255 g/mol. The van der Waals surface area contributed by atoms with Gasteiger partial charge in [-0.05, 0) is 20.8 Å². The number of likely N-dealkylation sites (tertiary alicyclic amines) is 1. The lowest BCUT2D eigenvalue weighted by atomic mass is 10.1. The summed E-state index contributed by atoms with van der Waals surface area (Å²) in [6, 6.07) is 0. The van der Waals surface area contributed by atoms with Crippen LogP contribution in [0.3, 0.4) is 0 Å². The molecule has 1 fully saturated rings. The Hall–Kier alpha value is -1.39. The molecule has 3 nitrogen and oxygen atoms in total. The van der Waals surface area contributed by atoms with Crippen LogP contribution in [0.4, 0.5) is 8.78 Å². The van der Waals surface area contributed by atoms with Gasteiger partial charge in [0.05, 0.1) is 18.3 Å². The third-order valence-corrected chi connectivity index (χ3v) is 3.15. The number of rotatable bonds is 2. The zero-order valence-corrected chi connectivity index (χ0v) is 11.1. The molecule has 0 aliphatic carbocycles. The summed E-state index contributed by atoms with van der Waals surface area (Å²) in [6.45, 7) is 10.1. The minimum atomic E-state index is -2.59. The van der Waals surface area contributed by atoms with E-state index >= 15 is 0 Å². The van der Waals surface area contributed by atoms with Gasteiger partial charge >= 0.3 is 0 Å². The molecule has 1 aliphatic heterocycles. The van der Waals surface area contributed by atoms with E-state index in [0.29, 0.717) is 12.2 Å². The van der Waals surface area contributed by atoms with Crippen LogP contribution in [0.25, 0.3) is 5.70 Å². The number of nitrogens with zero attached hydrogens (tertiary/aromatic N) is 3. The molecule has 0 atom stereocenters. The highest BCUT2D eigenvalue weighted by atomic mass is 19.3. The lowest BCUT2D eigenvalue weighted by Crippen LogP contribution is -2.24. The van der Waals surface area contributed by atoms with E-state index in [-0.39, 0.29) is 18.5 Å². The van der Waals surface area contributed by atoms with Gasteiger partial charge in [0.15, 0.2) is 0 Å². The van der Waals surface area contributed by atoms with Crippen molar-refractivity contribution >= 4 is 5.70 Å². The van der Waals surface area contributed by atoms with Gasteiger partial charge in [-0.2, -0.15) is 5.10 Å². The molecule has 1 aliphatic rings. The summed E-state index contributed by atoms with van der Waals surface area (Å²) in [5, 5.41) is 4.26. The second-order valence-corrected chi connectivity index (χ2v) is 5.82. The summed E-state index contributed by atoms with van der Waals surface area (Å²) < 4.78 is 28.1. The molecule has 0 amide bonds. The van der Waals surface area contributed by atoms with E-state index in [1.165, 1.54) is 0 Å². The van der Waals surface area contributed by atoms with Crippen molar-refractivity contribution in [2.24, 2.45) is 0 Å². The largest absolute Gasteiger partial charge is 0.365 e. The normalized spacial score (nSPS) is 19.3. The Morgan fingerprint density at radius 3 is 2.56 bits per heavy atom. The van der Waals surface area contributed by atoms with Crippen molar-refractivity contribution < 1.29 is 8.78 Å². The fraction of sp³-hybridized carbons (Fsp3) is 0.615. The van der Waals surface area contributed by atoms with E-state index in [2.05, 4.69) is 11.7 Å². The van der Waals surface area contributed by atoms with Gasteiger partial charge in [0.2, 0.25) is 0 Å². The van der Waals surface area contributed by atoms with Gasteiger partial charge < -0.3 is 4.90 Å². The number of aromatic nitrogens is 2. The van der Waals surface area contributed by atoms with Crippen molar-refractivity contribution in [1.29, 1.82) is 0 Å². The molecule has 2 rings (SSSR count). The van der Waals surface area contributed by atoms with Crippen LogP contribution in [0.2, 0.25) is 0 Å². The molecule has 0 radical (unpaired) electrons. The van der Waals surface area contributed by atoms with E-state index in [1.54, 1.807) is 11.1 Å². The first kappa shape index (κ1) is 13.1. The highest BCUT2D eigenvalue weighted by Crippen LogP contribution is 2.32. The van der Waals surface area contributed by atoms with Gasteiger partial charge in [-0.1, -0.05) is 6.58 Å². The molecular formula is C13H19F2N3. The van der Waals surface area contributed by atoms with E-state index in [1.807, 2.05) is 31.6 Å². The Labute approximate surface area is 106 Å². The van der Waals surface area contributed by atoms with Gasteiger partial charge in [0.1, 0.15) is 0 Å². The molecule has 1 aromatic rings. The predicted molar refractivity (Wildman–Crippen MR) is 67.4 cm³/mol. The maximum Gasteiger partial charge on any atom is 0.266 e. The third-order valence-electron chi connectivity index (χ3n) is 3.15. The van der Waals surface area contributed by atoms with Gasteiger partial charge in [-0.25, -0.2) is 8.78 Å². The topological polar surface area (TPSA) is 21.1 Å². The Bertz CT molecular complexity index is 457. The number of halogens is 2. The standard InChI is InChI=1S/C13H19F2N3/c1-10(17-6-5-13(14,15)9-17)11-7-16-18(8-11)12(2,3)4/h7-8H,1,5-6,9H2,2-4H3. The molecule has 0 unspecified atom stereocenters. The van der Waals surface area contributed by atoms with Crippen LogP contribution in [0.5, 0.6) is 0 Å². The monoisotopic (exact) mass is 255 g/mol. The van der Waals surface area contributed by atoms with Crippen LogP contribution in [0.15, 0.2) is 19.0 Å². The van der Waals surface area contributed by atoms with Gasteiger partial charge in [-0.3, -0.25) is 4.68 Å². The summed E-state index contributed by atoms with van der Waals surface area (Å²) in [7, 11) is 0. The zero-order chi connectivity index (χ0) is 13.6. The maximum atomic E-state index is 13.2. The summed E-state index contributed by atoms with van der Waals surface area (Å²) in [6.07, 6.45) is 3.45. The summed E-state index contributed by atoms with van der Waals surface area (Å²) in [4.78, 5) is 1.63. The van der Waals surface area contributed by atoms with Crippen molar-refractivity contribution in [3.05, 3.63) is 24.5 Å². The lowest BCUT2D eigenvalue weighted by Gasteiger charge is -2.21. The van der Waals surface area contributed by atoms with Gasteiger partial charge in [0, 0.05) is 30.4 Å². The second kappa shape index (κ2) is 4.07. The van der Waals surface area contributed by atoms with Crippen molar-refractivity contribution in [3.8, 4) is 0 Å². The Morgan fingerprint density at radius 2 is 2.11 bits per heavy atom. The highest BCUT2D eigenvalue weighted by Gasteiger charge is 2.38. The number of hydrogen-bond acceptors (Lipinski definition) is 2. The molecule has 5 heteroatoms. The van der Waals surface area contributed by atoms with Crippen molar-refractivity contribution in [2.45, 2.75) is 38.7 Å².